The SMILES string of the molecule is CS(=O)(=O)[O-].CS(=O)(=O)[O-].C[N-]c1ccccc1-c1[c-]cccc1.C[N-]c1ccccc1-c1[c-]cccc1.[Pd+2].[Pd+2]. The fourth-order valence-corrected chi connectivity index (χ4v) is 2.91. The molecule has 0 aliphatic heterocycles. The molecule has 0 N–H and O–H groups in total. The summed E-state index contributed by atoms with van der Waals surface area (Å²) in [5, 5.41) is 8.45. The van der Waals surface area contributed by atoms with E-state index in [0.29, 0.717) is 12.5 Å². The number of rotatable bonds is 4. The van der Waals surface area contributed by atoms with Gasteiger partial charge in [0.05, 0.1) is 20.2 Å². The Kier molecular flexibility index (Phi) is 20.4. The molecule has 0 aliphatic rings. The molecule has 0 saturated carbocycles. The Bertz CT molecular complexity index is 1330. The van der Waals surface area contributed by atoms with Gasteiger partial charge in [0.25, 0.3) is 0 Å². The van der Waals surface area contributed by atoms with Gasteiger partial charge in [-0.2, -0.15) is 11.4 Å². The Hall–Kier alpha value is -2.38. The maximum absolute atomic E-state index is 9.08. The van der Waals surface area contributed by atoms with Crippen LogP contribution in [0.25, 0.3) is 32.9 Å². The van der Waals surface area contributed by atoms with Crippen molar-refractivity contribution in [3.63, 3.8) is 0 Å². The van der Waals surface area contributed by atoms with Gasteiger partial charge in [-0.15, -0.1) is 97.0 Å². The largest absolute Gasteiger partial charge is 2.00 e. The van der Waals surface area contributed by atoms with Crippen molar-refractivity contribution in [1.82, 2.24) is 0 Å². The summed E-state index contributed by atoms with van der Waals surface area (Å²) in [6.07, 6.45) is 1.21. The normalized spacial score (nSPS) is 9.75. The molecule has 0 bridgehead atoms. The van der Waals surface area contributed by atoms with Gasteiger partial charge in [0.15, 0.2) is 0 Å². The molecule has 0 fully saturated rings. The first-order chi connectivity index (χ1) is 17.8. The minimum atomic E-state index is -3.92. The molecule has 0 aliphatic carbocycles. The van der Waals surface area contributed by atoms with E-state index in [1.165, 1.54) is 0 Å². The van der Waals surface area contributed by atoms with Crippen LogP contribution >= 0.6 is 0 Å². The summed E-state index contributed by atoms with van der Waals surface area (Å²) < 4.78 is 54.5. The van der Waals surface area contributed by atoms with Crippen molar-refractivity contribution in [2.24, 2.45) is 0 Å². The standard InChI is InChI=1S/2C13H11N.2CH4O3S.2Pd/c2*1-14-13-10-6-5-9-12(13)11-7-3-2-4-8-11;2*1-5(2,3)4;;/h2*2-7,9-10H,1H3;2*1H3,(H,2,3,4);;/q2*-2;;;2*+2/p-2. The van der Waals surface area contributed by atoms with Crippen LogP contribution in [0.1, 0.15) is 0 Å². The summed E-state index contributed by atoms with van der Waals surface area (Å²) in [6, 6.07) is 38.5. The van der Waals surface area contributed by atoms with Crippen LogP contribution in [0.2, 0.25) is 0 Å². The fourth-order valence-electron chi connectivity index (χ4n) is 2.91. The molecule has 4 rings (SSSR count). The van der Waals surface area contributed by atoms with Gasteiger partial charge in [-0.3, -0.25) is 0 Å². The second-order valence-electron chi connectivity index (χ2n) is 7.44. The van der Waals surface area contributed by atoms with E-state index in [9.17, 15) is 0 Å². The van der Waals surface area contributed by atoms with E-state index in [0.717, 1.165) is 33.6 Å². The predicted molar refractivity (Wildman–Crippen MR) is 151 cm³/mol. The predicted octanol–water partition coefficient (Wildman–Crippen LogP) is 5.90. The molecule has 0 atom stereocenters. The van der Waals surface area contributed by atoms with E-state index in [4.69, 9.17) is 25.9 Å². The first-order valence-corrected chi connectivity index (χ1v) is 14.6. The summed E-state index contributed by atoms with van der Waals surface area (Å²) in [4.78, 5) is 0. The first-order valence-electron chi connectivity index (χ1n) is 11.0. The smallest absolute Gasteiger partial charge is 0.748 e. The van der Waals surface area contributed by atoms with Crippen LogP contribution in [0.4, 0.5) is 11.4 Å². The minimum Gasteiger partial charge on any atom is -0.748 e. The van der Waals surface area contributed by atoms with Gasteiger partial charge in [0.2, 0.25) is 0 Å². The van der Waals surface area contributed by atoms with Crippen LogP contribution in [0.3, 0.4) is 0 Å². The van der Waals surface area contributed by atoms with Crippen molar-refractivity contribution < 1.29 is 66.8 Å². The van der Waals surface area contributed by atoms with Crippen LogP contribution in [0.5, 0.6) is 0 Å². The van der Waals surface area contributed by atoms with Gasteiger partial charge in [-0.1, -0.05) is 48.5 Å². The van der Waals surface area contributed by atoms with Crippen LogP contribution < -0.4 is 0 Å². The molecule has 0 unspecified atom stereocenters. The summed E-state index contributed by atoms with van der Waals surface area (Å²) in [5.41, 5.74) is 6.47. The molecular weight excluding hydrogens is 737 g/mol. The van der Waals surface area contributed by atoms with Gasteiger partial charge in [0.1, 0.15) is 0 Å². The van der Waals surface area contributed by atoms with Gasteiger partial charge in [-0.25, -0.2) is 16.8 Å². The quantitative estimate of drug-likeness (QED) is 0.144. The molecule has 0 amide bonds. The fraction of sp³-hybridized carbons (Fsp3) is 0.143. The van der Waals surface area contributed by atoms with Crippen molar-refractivity contribution in [2.75, 3.05) is 26.6 Å². The molecule has 0 radical (unpaired) electrons. The van der Waals surface area contributed by atoms with Gasteiger partial charge < -0.3 is 19.7 Å². The number of nitrogens with zero attached hydrogens (tertiary/aromatic N) is 2. The molecule has 8 nitrogen and oxygen atoms in total. The van der Waals surface area contributed by atoms with Crippen LogP contribution in [-0.2, 0) is 61.1 Å². The Balaban J connectivity index is 0. The second kappa shape index (κ2) is 20.5. The third kappa shape index (κ3) is 18.8. The average molecular weight is 766 g/mol. The zero-order chi connectivity index (χ0) is 28.6. The van der Waals surface area contributed by atoms with E-state index in [1.54, 1.807) is 0 Å². The van der Waals surface area contributed by atoms with Crippen molar-refractivity contribution >= 4 is 31.6 Å². The Morgan fingerprint density at radius 2 is 0.825 bits per heavy atom. The van der Waals surface area contributed by atoms with Crippen molar-refractivity contribution in [3.05, 3.63) is 120 Å². The van der Waals surface area contributed by atoms with E-state index in [2.05, 4.69) is 34.9 Å². The van der Waals surface area contributed by atoms with Crippen LogP contribution in [-0.4, -0.2) is 52.5 Å². The molecular formula is C28H28N2O6Pd2S2-2. The molecule has 0 saturated heterocycles. The molecule has 4 aromatic rings. The maximum atomic E-state index is 9.08. The van der Waals surface area contributed by atoms with Crippen LogP contribution in [0, 0.1) is 12.1 Å². The van der Waals surface area contributed by atoms with E-state index in [-0.39, 0.29) is 40.8 Å². The van der Waals surface area contributed by atoms with Crippen molar-refractivity contribution in [1.29, 1.82) is 0 Å². The van der Waals surface area contributed by atoms with Gasteiger partial charge >= 0.3 is 40.8 Å². The van der Waals surface area contributed by atoms with Gasteiger partial charge in [0, 0.05) is 12.5 Å². The monoisotopic (exact) mass is 764 g/mol. The summed E-state index contributed by atoms with van der Waals surface area (Å²) in [7, 11) is -4.22. The van der Waals surface area contributed by atoms with E-state index < -0.39 is 20.2 Å². The maximum Gasteiger partial charge on any atom is 2.00 e. The number of para-hydroxylation sites is 2. The molecule has 0 heterocycles. The zero-order valence-electron chi connectivity index (χ0n) is 22.0. The van der Waals surface area contributed by atoms with Crippen LogP contribution in [0.15, 0.2) is 97.1 Å². The topological polar surface area (TPSA) is 143 Å². The third-order valence-corrected chi connectivity index (χ3v) is 4.29. The molecule has 0 aromatic heterocycles. The Morgan fingerprint density at radius 3 is 1.07 bits per heavy atom. The Morgan fingerprint density at radius 1 is 0.550 bits per heavy atom. The molecule has 0 spiro atoms. The summed E-state index contributed by atoms with van der Waals surface area (Å²) in [5.74, 6) is 0. The molecule has 40 heavy (non-hydrogen) atoms. The second-order valence-corrected chi connectivity index (χ2v) is 10.3. The summed E-state index contributed by atoms with van der Waals surface area (Å²) in [6.45, 7) is 0. The number of hydrogen-bond acceptors (Lipinski definition) is 6. The average Bonchev–Trinajstić information content (AvgIpc) is 2.88. The minimum absolute atomic E-state index is 0. The van der Waals surface area contributed by atoms with Gasteiger partial charge in [-0.05, 0) is 0 Å². The third-order valence-electron chi connectivity index (χ3n) is 4.29. The van der Waals surface area contributed by atoms with E-state index in [1.807, 2.05) is 99.0 Å². The molecule has 220 valence electrons. The molecule has 4 aromatic carbocycles. The number of hydrogen-bond donors (Lipinski definition) is 0. The number of benzene rings is 4. The van der Waals surface area contributed by atoms with E-state index >= 15 is 0 Å². The van der Waals surface area contributed by atoms with Crippen molar-refractivity contribution in [3.8, 4) is 22.3 Å². The molecule has 12 heteroatoms. The zero-order valence-corrected chi connectivity index (χ0v) is 26.8. The first kappa shape index (κ1) is 39.8. The Labute approximate surface area is 265 Å². The summed E-state index contributed by atoms with van der Waals surface area (Å²) >= 11 is 0. The van der Waals surface area contributed by atoms with Crippen molar-refractivity contribution in [2.45, 2.75) is 0 Å².